The van der Waals surface area contributed by atoms with E-state index in [9.17, 15) is 0 Å². The molecule has 0 radical (unpaired) electrons. The first kappa shape index (κ1) is 11.6. The van der Waals surface area contributed by atoms with Crippen molar-refractivity contribution in [2.24, 2.45) is 0 Å². The summed E-state index contributed by atoms with van der Waals surface area (Å²) in [6.45, 7) is 6.86. The van der Waals surface area contributed by atoms with E-state index in [1.165, 1.54) is 15.6 Å². The van der Waals surface area contributed by atoms with Gasteiger partial charge in [-0.15, -0.1) is 11.3 Å². The fourth-order valence-electron chi connectivity index (χ4n) is 1.14. The Bertz CT molecular complexity index is 254. The van der Waals surface area contributed by atoms with Crippen LogP contribution in [0.3, 0.4) is 0 Å². The third kappa shape index (κ3) is 3.74. The summed E-state index contributed by atoms with van der Waals surface area (Å²) >= 11 is 1.80. The Kier molecular flexibility index (Phi) is 5.07. The van der Waals surface area contributed by atoms with E-state index in [4.69, 9.17) is 4.74 Å². The molecule has 0 bridgehead atoms. The Morgan fingerprint density at radius 1 is 1.36 bits per heavy atom. The largest absolute Gasteiger partial charge is 0.383 e. The van der Waals surface area contributed by atoms with Gasteiger partial charge in [0, 0.05) is 31.5 Å². The summed E-state index contributed by atoms with van der Waals surface area (Å²) in [4.78, 5) is 5.81. The van der Waals surface area contributed by atoms with Crippen LogP contribution < -0.4 is 5.32 Å². The van der Waals surface area contributed by atoms with E-state index in [0.29, 0.717) is 0 Å². The van der Waals surface area contributed by atoms with Crippen molar-refractivity contribution >= 4 is 11.3 Å². The fraction of sp³-hybridized carbons (Fsp3) is 0.700. The summed E-state index contributed by atoms with van der Waals surface area (Å²) in [6, 6.07) is 0. The van der Waals surface area contributed by atoms with Gasteiger partial charge in [-0.25, -0.2) is 4.98 Å². The Balaban J connectivity index is 2.18. The standard InChI is InChI=1S/C10H18N2OS/c1-8-9(2)14-10(12-8)4-5-11-6-7-13-3/h11H,4-7H2,1-3H3. The Labute approximate surface area is 89.5 Å². The Morgan fingerprint density at radius 2 is 2.14 bits per heavy atom. The van der Waals surface area contributed by atoms with E-state index >= 15 is 0 Å². The van der Waals surface area contributed by atoms with Crippen LogP contribution in [0.5, 0.6) is 0 Å². The number of rotatable bonds is 6. The van der Waals surface area contributed by atoms with Gasteiger partial charge in [-0.3, -0.25) is 0 Å². The summed E-state index contributed by atoms with van der Waals surface area (Å²) in [5.74, 6) is 0. The highest BCUT2D eigenvalue weighted by Gasteiger charge is 2.02. The maximum absolute atomic E-state index is 4.94. The van der Waals surface area contributed by atoms with Crippen molar-refractivity contribution in [3.8, 4) is 0 Å². The lowest BCUT2D eigenvalue weighted by Crippen LogP contribution is -2.21. The first-order valence-electron chi connectivity index (χ1n) is 4.86. The lowest BCUT2D eigenvalue weighted by Gasteiger charge is -2.01. The number of ether oxygens (including phenoxy) is 1. The fourth-order valence-corrected chi connectivity index (χ4v) is 2.07. The van der Waals surface area contributed by atoms with Crippen LogP contribution in [0.1, 0.15) is 15.6 Å². The van der Waals surface area contributed by atoms with Gasteiger partial charge in [0.15, 0.2) is 0 Å². The van der Waals surface area contributed by atoms with Crippen LogP contribution in [0.15, 0.2) is 0 Å². The molecule has 80 valence electrons. The molecule has 4 heteroatoms. The van der Waals surface area contributed by atoms with Crippen LogP contribution in [0.2, 0.25) is 0 Å². The Hall–Kier alpha value is -0.450. The highest BCUT2D eigenvalue weighted by atomic mass is 32.1. The van der Waals surface area contributed by atoms with Gasteiger partial charge < -0.3 is 10.1 Å². The Morgan fingerprint density at radius 3 is 2.71 bits per heavy atom. The van der Waals surface area contributed by atoms with Gasteiger partial charge in [0.05, 0.1) is 17.3 Å². The second-order valence-electron chi connectivity index (χ2n) is 3.24. The monoisotopic (exact) mass is 214 g/mol. The van der Waals surface area contributed by atoms with Crippen LogP contribution >= 0.6 is 11.3 Å². The van der Waals surface area contributed by atoms with Crippen molar-refractivity contribution in [1.82, 2.24) is 10.3 Å². The molecule has 0 aromatic carbocycles. The number of hydrogen-bond donors (Lipinski definition) is 1. The molecule has 1 N–H and O–H groups in total. The molecule has 1 aromatic heterocycles. The smallest absolute Gasteiger partial charge is 0.0943 e. The number of thiazole rings is 1. The van der Waals surface area contributed by atoms with E-state index in [2.05, 4.69) is 24.1 Å². The minimum absolute atomic E-state index is 0.774. The molecule has 0 aliphatic rings. The molecule has 14 heavy (non-hydrogen) atoms. The van der Waals surface area contributed by atoms with Crippen molar-refractivity contribution in [2.75, 3.05) is 26.8 Å². The summed E-state index contributed by atoms with van der Waals surface area (Å²) < 4.78 is 4.94. The number of nitrogens with zero attached hydrogens (tertiary/aromatic N) is 1. The normalized spacial score (nSPS) is 10.8. The van der Waals surface area contributed by atoms with Gasteiger partial charge >= 0.3 is 0 Å². The van der Waals surface area contributed by atoms with Gasteiger partial charge in [0.2, 0.25) is 0 Å². The summed E-state index contributed by atoms with van der Waals surface area (Å²) in [5.41, 5.74) is 1.17. The maximum atomic E-state index is 4.94. The van der Waals surface area contributed by atoms with Crippen LogP contribution in [0.4, 0.5) is 0 Å². The number of aromatic nitrogens is 1. The van der Waals surface area contributed by atoms with Crippen molar-refractivity contribution in [3.05, 3.63) is 15.6 Å². The molecule has 0 atom stereocenters. The summed E-state index contributed by atoms with van der Waals surface area (Å²) in [6.07, 6.45) is 1.02. The van der Waals surface area contributed by atoms with Crippen LogP contribution in [0, 0.1) is 13.8 Å². The number of hydrogen-bond acceptors (Lipinski definition) is 4. The number of methoxy groups -OCH3 is 1. The van der Waals surface area contributed by atoms with Gasteiger partial charge in [-0.1, -0.05) is 0 Å². The molecule has 1 aromatic rings. The first-order chi connectivity index (χ1) is 6.74. The van der Waals surface area contributed by atoms with E-state index in [-0.39, 0.29) is 0 Å². The number of aryl methyl sites for hydroxylation is 2. The van der Waals surface area contributed by atoms with E-state index in [1.807, 2.05) is 0 Å². The van der Waals surface area contributed by atoms with Gasteiger partial charge in [0.25, 0.3) is 0 Å². The molecule has 0 unspecified atom stereocenters. The molecule has 3 nitrogen and oxygen atoms in total. The van der Waals surface area contributed by atoms with E-state index < -0.39 is 0 Å². The van der Waals surface area contributed by atoms with Crippen molar-refractivity contribution in [3.63, 3.8) is 0 Å². The molecule has 0 aliphatic heterocycles. The van der Waals surface area contributed by atoms with Gasteiger partial charge in [-0.05, 0) is 13.8 Å². The minimum Gasteiger partial charge on any atom is -0.383 e. The highest BCUT2D eigenvalue weighted by Crippen LogP contribution is 2.16. The quantitative estimate of drug-likeness (QED) is 0.729. The van der Waals surface area contributed by atoms with Crippen LogP contribution in [-0.4, -0.2) is 31.8 Å². The average molecular weight is 214 g/mol. The zero-order valence-corrected chi connectivity index (χ0v) is 9.91. The molecule has 0 aliphatic carbocycles. The SMILES string of the molecule is COCCNCCc1nc(C)c(C)s1. The molecule has 0 saturated heterocycles. The van der Waals surface area contributed by atoms with Crippen molar-refractivity contribution in [1.29, 1.82) is 0 Å². The third-order valence-corrected chi connectivity index (χ3v) is 3.20. The third-order valence-electron chi connectivity index (χ3n) is 2.07. The zero-order chi connectivity index (χ0) is 10.4. The highest BCUT2D eigenvalue weighted by molar-refractivity contribution is 7.11. The van der Waals surface area contributed by atoms with Crippen molar-refractivity contribution in [2.45, 2.75) is 20.3 Å². The molecule has 0 amide bonds. The van der Waals surface area contributed by atoms with E-state index in [1.54, 1.807) is 18.4 Å². The topological polar surface area (TPSA) is 34.1 Å². The molecule has 0 spiro atoms. The van der Waals surface area contributed by atoms with Crippen LogP contribution in [0.25, 0.3) is 0 Å². The molecular formula is C10H18N2OS. The van der Waals surface area contributed by atoms with Gasteiger partial charge in [-0.2, -0.15) is 0 Å². The average Bonchev–Trinajstić information content (AvgIpc) is 2.46. The predicted molar refractivity (Wildman–Crippen MR) is 60.0 cm³/mol. The summed E-state index contributed by atoms with van der Waals surface area (Å²) in [5, 5.41) is 4.53. The predicted octanol–water partition coefficient (Wildman–Crippen LogP) is 1.54. The van der Waals surface area contributed by atoms with E-state index in [0.717, 1.165) is 26.1 Å². The second kappa shape index (κ2) is 6.11. The number of nitrogens with one attached hydrogen (secondary N) is 1. The lowest BCUT2D eigenvalue weighted by molar-refractivity contribution is 0.199. The second-order valence-corrected chi connectivity index (χ2v) is 4.53. The molecule has 0 saturated carbocycles. The molecular weight excluding hydrogens is 196 g/mol. The zero-order valence-electron chi connectivity index (χ0n) is 9.09. The van der Waals surface area contributed by atoms with Gasteiger partial charge in [0.1, 0.15) is 0 Å². The van der Waals surface area contributed by atoms with Crippen molar-refractivity contribution < 1.29 is 4.74 Å². The lowest BCUT2D eigenvalue weighted by atomic mass is 10.4. The minimum atomic E-state index is 0.774. The first-order valence-corrected chi connectivity index (χ1v) is 5.68. The molecule has 0 fully saturated rings. The van der Waals surface area contributed by atoms with Crippen LogP contribution in [-0.2, 0) is 11.2 Å². The maximum Gasteiger partial charge on any atom is 0.0943 e. The molecule has 1 heterocycles. The summed E-state index contributed by atoms with van der Waals surface area (Å²) in [7, 11) is 1.72. The molecule has 1 rings (SSSR count).